The zero-order valence-electron chi connectivity index (χ0n) is 14.5. The number of benzene rings is 2. The third-order valence-electron chi connectivity index (χ3n) is 4.15. The first kappa shape index (κ1) is 21.3. The van der Waals surface area contributed by atoms with E-state index in [9.17, 15) is 4.79 Å². The van der Waals surface area contributed by atoms with Gasteiger partial charge in [0.1, 0.15) is 5.75 Å². The third kappa shape index (κ3) is 5.11. The number of amides is 1. The minimum absolute atomic E-state index is 0. The zero-order chi connectivity index (χ0) is 17.7. The van der Waals surface area contributed by atoms with Crippen molar-refractivity contribution in [2.45, 2.75) is 25.9 Å². The molecule has 2 aromatic rings. The third-order valence-corrected chi connectivity index (χ3v) is 4.50. The second-order valence-corrected chi connectivity index (χ2v) is 6.26. The van der Waals surface area contributed by atoms with Gasteiger partial charge in [0.25, 0.3) is 0 Å². The van der Waals surface area contributed by atoms with Crippen LogP contribution >= 0.6 is 24.0 Å². The van der Waals surface area contributed by atoms with Crippen LogP contribution in [0.2, 0.25) is 5.02 Å². The number of carbonyl (C=O) groups is 1. The fourth-order valence-electron chi connectivity index (χ4n) is 2.45. The Morgan fingerprint density at radius 2 is 1.64 bits per heavy atom. The molecule has 25 heavy (non-hydrogen) atoms. The molecule has 0 aliphatic rings. The van der Waals surface area contributed by atoms with E-state index in [0.717, 1.165) is 11.1 Å². The van der Waals surface area contributed by atoms with Gasteiger partial charge < -0.3 is 15.8 Å². The van der Waals surface area contributed by atoms with Gasteiger partial charge in [-0.1, -0.05) is 54.9 Å². The van der Waals surface area contributed by atoms with Crippen LogP contribution in [0.5, 0.6) is 5.75 Å². The fraction of sp³-hybridized carbons (Fsp3) is 0.316. The lowest BCUT2D eigenvalue weighted by atomic mass is 9.95. The number of methoxy groups -OCH3 is 1. The second kappa shape index (κ2) is 9.66. The van der Waals surface area contributed by atoms with Gasteiger partial charge in [-0.05, 0) is 24.6 Å². The van der Waals surface area contributed by atoms with Gasteiger partial charge in [0, 0.05) is 22.5 Å². The van der Waals surface area contributed by atoms with Crippen molar-refractivity contribution in [1.82, 2.24) is 5.32 Å². The molecule has 2 rings (SSSR count). The van der Waals surface area contributed by atoms with Crippen molar-refractivity contribution in [1.29, 1.82) is 0 Å². The predicted molar refractivity (Wildman–Crippen MR) is 104 cm³/mol. The van der Waals surface area contributed by atoms with Gasteiger partial charge in [0.05, 0.1) is 13.2 Å². The van der Waals surface area contributed by atoms with Crippen LogP contribution in [-0.4, -0.2) is 19.1 Å². The summed E-state index contributed by atoms with van der Waals surface area (Å²) in [6.45, 7) is 3.63. The Morgan fingerprint density at radius 1 is 1.08 bits per heavy atom. The number of hydrogen-bond donors (Lipinski definition) is 2. The molecule has 0 aliphatic carbocycles. The Labute approximate surface area is 160 Å². The molecular formula is C19H24Cl2N2O2. The molecule has 0 spiro atoms. The Morgan fingerprint density at radius 3 is 2.20 bits per heavy atom. The summed E-state index contributed by atoms with van der Waals surface area (Å²) in [6, 6.07) is 14.4. The SMILES string of the molecule is COc1ccccc1C(NC(=O)C(C)C(C)N)c1ccccc1Cl.Cl. The molecule has 1 amide bonds. The highest BCUT2D eigenvalue weighted by Gasteiger charge is 2.25. The average Bonchev–Trinajstić information content (AvgIpc) is 2.59. The van der Waals surface area contributed by atoms with Gasteiger partial charge in [-0.25, -0.2) is 0 Å². The van der Waals surface area contributed by atoms with E-state index in [1.54, 1.807) is 13.2 Å². The molecule has 0 aliphatic heterocycles. The molecule has 0 saturated carbocycles. The summed E-state index contributed by atoms with van der Waals surface area (Å²) in [4.78, 5) is 12.6. The van der Waals surface area contributed by atoms with Crippen molar-refractivity contribution < 1.29 is 9.53 Å². The second-order valence-electron chi connectivity index (χ2n) is 5.85. The number of para-hydroxylation sites is 1. The van der Waals surface area contributed by atoms with Crippen molar-refractivity contribution >= 4 is 29.9 Å². The molecule has 0 saturated heterocycles. The largest absolute Gasteiger partial charge is 0.496 e. The molecular weight excluding hydrogens is 359 g/mol. The van der Waals surface area contributed by atoms with E-state index < -0.39 is 6.04 Å². The van der Waals surface area contributed by atoms with E-state index >= 15 is 0 Å². The molecule has 0 heterocycles. The summed E-state index contributed by atoms with van der Waals surface area (Å²) in [5, 5.41) is 3.65. The topological polar surface area (TPSA) is 64.3 Å². The summed E-state index contributed by atoms with van der Waals surface area (Å²) < 4.78 is 5.46. The number of nitrogens with one attached hydrogen (secondary N) is 1. The van der Waals surface area contributed by atoms with E-state index in [2.05, 4.69) is 5.32 Å². The summed E-state index contributed by atoms with van der Waals surface area (Å²) in [7, 11) is 1.61. The standard InChI is InChI=1S/C19H23ClN2O2.ClH/c1-12(13(2)21)19(23)22-18(14-8-4-6-10-16(14)20)15-9-5-7-11-17(15)24-3;/h4-13,18H,21H2,1-3H3,(H,22,23);1H. The lowest BCUT2D eigenvalue weighted by Gasteiger charge is -2.25. The number of carbonyl (C=O) groups excluding carboxylic acids is 1. The molecule has 4 nitrogen and oxygen atoms in total. The van der Waals surface area contributed by atoms with Gasteiger partial charge >= 0.3 is 0 Å². The first-order chi connectivity index (χ1) is 11.5. The normalized spacial score (nSPS) is 14.0. The number of ether oxygens (including phenoxy) is 1. The van der Waals surface area contributed by atoms with Crippen LogP contribution in [0.1, 0.15) is 31.0 Å². The Bertz CT molecular complexity index is 707. The van der Waals surface area contributed by atoms with Crippen molar-refractivity contribution in [3.63, 3.8) is 0 Å². The van der Waals surface area contributed by atoms with Gasteiger partial charge in [0.2, 0.25) is 5.91 Å². The molecule has 0 bridgehead atoms. The Kier molecular flexibility index (Phi) is 8.23. The van der Waals surface area contributed by atoms with E-state index in [1.165, 1.54) is 0 Å². The number of halogens is 2. The number of rotatable bonds is 6. The van der Waals surface area contributed by atoms with Gasteiger partial charge in [0.15, 0.2) is 0 Å². The van der Waals surface area contributed by atoms with Crippen LogP contribution in [0.4, 0.5) is 0 Å². The van der Waals surface area contributed by atoms with Gasteiger partial charge in [-0.3, -0.25) is 4.79 Å². The Balaban J connectivity index is 0.00000312. The van der Waals surface area contributed by atoms with E-state index in [1.807, 2.05) is 56.3 Å². The monoisotopic (exact) mass is 382 g/mol. The molecule has 3 N–H and O–H groups in total. The highest BCUT2D eigenvalue weighted by atomic mass is 35.5. The summed E-state index contributed by atoms with van der Waals surface area (Å²) in [5.41, 5.74) is 7.52. The quantitative estimate of drug-likeness (QED) is 0.794. The summed E-state index contributed by atoms with van der Waals surface area (Å²) in [5.74, 6) is 0.252. The van der Waals surface area contributed by atoms with Crippen LogP contribution in [0.15, 0.2) is 48.5 Å². The molecule has 0 aromatic heterocycles. The van der Waals surface area contributed by atoms with Crippen molar-refractivity contribution in [2.24, 2.45) is 11.7 Å². The first-order valence-electron chi connectivity index (χ1n) is 7.89. The van der Waals surface area contributed by atoms with Crippen LogP contribution in [-0.2, 0) is 4.79 Å². The molecule has 3 unspecified atom stereocenters. The first-order valence-corrected chi connectivity index (χ1v) is 8.26. The van der Waals surface area contributed by atoms with Crippen LogP contribution in [0.25, 0.3) is 0 Å². The maximum atomic E-state index is 12.6. The predicted octanol–water partition coefficient (Wildman–Crippen LogP) is 3.96. The molecule has 3 atom stereocenters. The molecule has 136 valence electrons. The van der Waals surface area contributed by atoms with Crippen LogP contribution in [0, 0.1) is 5.92 Å². The maximum absolute atomic E-state index is 12.6. The van der Waals surface area contributed by atoms with Gasteiger partial charge in [-0.15, -0.1) is 12.4 Å². The van der Waals surface area contributed by atoms with Crippen molar-refractivity contribution in [3.05, 3.63) is 64.7 Å². The molecule has 0 radical (unpaired) electrons. The number of hydrogen-bond acceptors (Lipinski definition) is 3. The minimum Gasteiger partial charge on any atom is -0.496 e. The maximum Gasteiger partial charge on any atom is 0.225 e. The van der Waals surface area contributed by atoms with Crippen molar-refractivity contribution in [2.75, 3.05) is 7.11 Å². The average molecular weight is 383 g/mol. The lowest BCUT2D eigenvalue weighted by molar-refractivity contribution is -0.125. The highest BCUT2D eigenvalue weighted by Crippen LogP contribution is 2.33. The molecule has 6 heteroatoms. The Hall–Kier alpha value is -1.75. The smallest absolute Gasteiger partial charge is 0.225 e. The zero-order valence-corrected chi connectivity index (χ0v) is 16.1. The summed E-state index contributed by atoms with van der Waals surface area (Å²) in [6.07, 6.45) is 0. The summed E-state index contributed by atoms with van der Waals surface area (Å²) >= 11 is 6.37. The van der Waals surface area contributed by atoms with E-state index in [0.29, 0.717) is 10.8 Å². The van der Waals surface area contributed by atoms with E-state index in [4.69, 9.17) is 22.1 Å². The van der Waals surface area contributed by atoms with E-state index in [-0.39, 0.29) is 30.3 Å². The number of nitrogens with two attached hydrogens (primary N) is 1. The molecule has 0 fully saturated rings. The lowest BCUT2D eigenvalue weighted by Crippen LogP contribution is -2.40. The van der Waals surface area contributed by atoms with Crippen LogP contribution in [0.3, 0.4) is 0 Å². The fourth-order valence-corrected chi connectivity index (χ4v) is 2.69. The minimum atomic E-state index is -0.413. The van der Waals surface area contributed by atoms with Crippen LogP contribution < -0.4 is 15.8 Å². The van der Waals surface area contributed by atoms with Gasteiger partial charge in [-0.2, -0.15) is 0 Å². The van der Waals surface area contributed by atoms with Crippen molar-refractivity contribution in [3.8, 4) is 5.75 Å². The molecule has 2 aromatic carbocycles. The highest BCUT2D eigenvalue weighted by molar-refractivity contribution is 6.31.